The number of carbonyl (C=O) groups is 2. The molecule has 3 aliphatic carbocycles. The summed E-state index contributed by atoms with van der Waals surface area (Å²) in [6.07, 6.45) is -0.269. The topological polar surface area (TPSA) is 93.1 Å². The second-order valence-electron chi connectivity index (χ2n) is 11.5. The maximum absolute atomic E-state index is 14.3. The number of esters is 1. The van der Waals surface area contributed by atoms with Crippen LogP contribution >= 0.6 is 0 Å². The van der Waals surface area contributed by atoms with Crippen LogP contribution in [0.25, 0.3) is 0 Å². The third kappa shape index (κ3) is 2.56. The number of aliphatic hydroxyl groups is 2. The molecule has 4 aliphatic rings. The van der Waals surface area contributed by atoms with E-state index in [9.17, 15) is 19.8 Å². The van der Waals surface area contributed by atoms with Gasteiger partial charge in [0.25, 0.3) is 0 Å². The largest absolute Gasteiger partial charge is 0.454 e. The predicted octanol–water partition coefficient (Wildman–Crippen LogP) is 3.04. The molecule has 1 aliphatic heterocycles. The Morgan fingerprint density at radius 3 is 2.32 bits per heavy atom. The van der Waals surface area contributed by atoms with Crippen LogP contribution in [-0.2, 0) is 19.1 Å². The van der Waals surface area contributed by atoms with Crippen LogP contribution in [0.15, 0.2) is 11.1 Å². The fraction of sp³-hybridized carbons (Fsp3) is 0.840. The molecule has 2 bridgehead atoms. The van der Waals surface area contributed by atoms with Gasteiger partial charge in [-0.2, -0.15) is 0 Å². The van der Waals surface area contributed by atoms with Gasteiger partial charge < -0.3 is 19.7 Å². The minimum Gasteiger partial charge on any atom is -0.454 e. The number of fused-ring (bicyclic) bond motifs is 5. The number of Topliss-reactive ketones (excluding diaryl/α,β-unsaturated/α-hetero) is 1. The van der Waals surface area contributed by atoms with Crippen molar-refractivity contribution in [2.45, 2.75) is 91.6 Å². The van der Waals surface area contributed by atoms with Gasteiger partial charge in [0.15, 0.2) is 5.60 Å². The van der Waals surface area contributed by atoms with E-state index in [1.165, 1.54) is 6.92 Å². The number of aliphatic hydroxyl groups excluding tert-OH is 1. The highest BCUT2D eigenvalue weighted by molar-refractivity contribution is 5.91. The van der Waals surface area contributed by atoms with Crippen molar-refractivity contribution in [3.63, 3.8) is 0 Å². The highest BCUT2D eigenvalue weighted by atomic mass is 16.6. The maximum Gasteiger partial charge on any atom is 0.303 e. The first kappa shape index (κ1) is 22.9. The number of carbonyl (C=O) groups excluding carboxylic acids is 2. The van der Waals surface area contributed by atoms with E-state index in [0.29, 0.717) is 6.42 Å². The first-order chi connectivity index (χ1) is 14.2. The molecule has 5 unspecified atom stereocenters. The van der Waals surface area contributed by atoms with E-state index >= 15 is 0 Å². The van der Waals surface area contributed by atoms with Gasteiger partial charge in [-0.1, -0.05) is 41.5 Å². The molecule has 0 aromatic carbocycles. The molecule has 9 atom stereocenters. The summed E-state index contributed by atoms with van der Waals surface area (Å²) in [5, 5.41) is 23.3. The van der Waals surface area contributed by atoms with Gasteiger partial charge in [-0.15, -0.1) is 0 Å². The molecule has 0 amide bonds. The van der Waals surface area contributed by atoms with Crippen molar-refractivity contribution < 1.29 is 29.3 Å². The van der Waals surface area contributed by atoms with Crippen LogP contribution < -0.4 is 0 Å². The SMILES string of the molecule is CC(=O)OC12COC1C[C@H](C)[C@@]1(C)C(=O)[C@@H](C)C3=C(C)C(O)CC(O)([C@@H](C)C21)C3(C)C. The summed E-state index contributed by atoms with van der Waals surface area (Å²) in [4.78, 5) is 26.5. The van der Waals surface area contributed by atoms with Crippen molar-refractivity contribution in [3.05, 3.63) is 11.1 Å². The van der Waals surface area contributed by atoms with E-state index in [1.807, 2.05) is 41.5 Å². The molecule has 6 nitrogen and oxygen atoms in total. The number of ether oxygens (including phenoxy) is 2. The molecule has 1 saturated heterocycles. The Balaban J connectivity index is 2.02. The van der Waals surface area contributed by atoms with Crippen LogP contribution in [0.4, 0.5) is 0 Å². The van der Waals surface area contributed by atoms with Gasteiger partial charge in [-0.3, -0.25) is 9.59 Å². The van der Waals surface area contributed by atoms with Crippen molar-refractivity contribution in [2.24, 2.45) is 34.5 Å². The second kappa shape index (κ2) is 6.64. The fourth-order valence-electron chi connectivity index (χ4n) is 8.19. The second-order valence-corrected chi connectivity index (χ2v) is 11.5. The average molecular weight is 435 g/mol. The standard InChI is InChI=1S/C25H38O6/c1-12-9-18-24(11-30-18,31-16(5)26)20-15(4)25(29)10-17(27)13(2)19(22(25,6)7)14(3)21(28)23(12,20)8/h12,14-15,17-18,20,27,29H,9-11H2,1-8H3/t12-,14-,15-,17?,18?,20?,23+,24?,25?/m0/s1. The molecule has 6 heteroatoms. The Kier molecular flexibility index (Phi) is 4.92. The van der Waals surface area contributed by atoms with E-state index < -0.39 is 51.9 Å². The van der Waals surface area contributed by atoms with E-state index in [2.05, 4.69) is 6.92 Å². The smallest absolute Gasteiger partial charge is 0.303 e. The van der Waals surface area contributed by atoms with E-state index in [4.69, 9.17) is 9.47 Å². The maximum atomic E-state index is 14.3. The van der Waals surface area contributed by atoms with E-state index in [1.54, 1.807) is 0 Å². The quantitative estimate of drug-likeness (QED) is 0.487. The van der Waals surface area contributed by atoms with Crippen LogP contribution in [0.2, 0.25) is 0 Å². The zero-order valence-corrected chi connectivity index (χ0v) is 20.1. The minimum absolute atomic E-state index is 0.000233. The first-order valence-electron chi connectivity index (χ1n) is 11.6. The molecule has 0 spiro atoms. The molecular weight excluding hydrogens is 396 g/mol. The van der Waals surface area contributed by atoms with Crippen molar-refractivity contribution >= 4 is 11.8 Å². The lowest BCUT2D eigenvalue weighted by atomic mass is 9.40. The van der Waals surface area contributed by atoms with Crippen LogP contribution in [0, 0.1) is 34.5 Å². The molecule has 0 aromatic heterocycles. The molecule has 3 fully saturated rings. The normalized spacial score (nSPS) is 51.1. The molecular formula is C25H38O6. The highest BCUT2D eigenvalue weighted by Crippen LogP contribution is 2.67. The van der Waals surface area contributed by atoms with Gasteiger partial charge in [0.2, 0.25) is 0 Å². The van der Waals surface area contributed by atoms with Gasteiger partial charge in [-0.05, 0) is 36.3 Å². The van der Waals surface area contributed by atoms with Crippen molar-refractivity contribution in [3.8, 4) is 0 Å². The summed E-state index contributed by atoms with van der Waals surface area (Å²) >= 11 is 0. The van der Waals surface area contributed by atoms with Crippen molar-refractivity contribution in [1.29, 1.82) is 0 Å². The highest BCUT2D eigenvalue weighted by Gasteiger charge is 2.74. The van der Waals surface area contributed by atoms with Crippen LogP contribution in [0.5, 0.6) is 0 Å². The summed E-state index contributed by atoms with van der Waals surface area (Å²) in [7, 11) is 0. The molecule has 174 valence electrons. The van der Waals surface area contributed by atoms with Gasteiger partial charge >= 0.3 is 5.97 Å². The Morgan fingerprint density at radius 2 is 1.81 bits per heavy atom. The summed E-state index contributed by atoms with van der Waals surface area (Å²) in [6, 6.07) is 0. The Labute approximate surface area is 185 Å². The lowest BCUT2D eigenvalue weighted by molar-refractivity contribution is -0.332. The number of ketones is 1. The third-order valence-electron chi connectivity index (χ3n) is 9.95. The van der Waals surface area contributed by atoms with Gasteiger partial charge in [-0.25, -0.2) is 0 Å². The molecule has 0 aromatic rings. The van der Waals surface area contributed by atoms with Gasteiger partial charge in [0, 0.05) is 36.0 Å². The monoisotopic (exact) mass is 434 g/mol. The zero-order chi connectivity index (χ0) is 23.3. The molecule has 2 N–H and O–H groups in total. The molecule has 4 rings (SSSR count). The average Bonchev–Trinajstić information content (AvgIpc) is 2.65. The van der Waals surface area contributed by atoms with E-state index in [-0.39, 0.29) is 30.8 Å². The van der Waals surface area contributed by atoms with Crippen molar-refractivity contribution in [1.82, 2.24) is 0 Å². The summed E-state index contributed by atoms with van der Waals surface area (Å²) in [5.74, 6) is -1.57. The summed E-state index contributed by atoms with van der Waals surface area (Å²) in [6.45, 7) is 15.4. The van der Waals surface area contributed by atoms with Crippen LogP contribution in [0.1, 0.15) is 68.2 Å². The summed E-state index contributed by atoms with van der Waals surface area (Å²) in [5.41, 5.74) is -2.07. The first-order valence-corrected chi connectivity index (χ1v) is 11.6. The lowest BCUT2D eigenvalue weighted by Crippen LogP contribution is -2.78. The Hall–Kier alpha value is -1.24. The van der Waals surface area contributed by atoms with Crippen LogP contribution in [0.3, 0.4) is 0 Å². The minimum atomic E-state index is -1.27. The number of hydrogen-bond donors (Lipinski definition) is 2. The third-order valence-corrected chi connectivity index (χ3v) is 9.95. The zero-order valence-electron chi connectivity index (χ0n) is 20.1. The van der Waals surface area contributed by atoms with Gasteiger partial charge in [0.05, 0.1) is 18.3 Å². The summed E-state index contributed by atoms with van der Waals surface area (Å²) < 4.78 is 11.9. The van der Waals surface area contributed by atoms with Crippen LogP contribution in [-0.4, -0.2) is 52.0 Å². The molecule has 1 heterocycles. The Morgan fingerprint density at radius 1 is 1.19 bits per heavy atom. The molecule has 0 radical (unpaired) electrons. The van der Waals surface area contributed by atoms with E-state index in [0.717, 1.165) is 11.1 Å². The molecule has 2 saturated carbocycles. The fourth-order valence-corrected chi connectivity index (χ4v) is 8.19. The lowest BCUT2D eigenvalue weighted by Gasteiger charge is -2.68. The van der Waals surface area contributed by atoms with Gasteiger partial charge in [0.1, 0.15) is 11.9 Å². The molecule has 31 heavy (non-hydrogen) atoms. The van der Waals surface area contributed by atoms with Crippen molar-refractivity contribution in [2.75, 3.05) is 6.61 Å². The Bertz CT molecular complexity index is 860. The number of rotatable bonds is 1. The predicted molar refractivity (Wildman–Crippen MR) is 115 cm³/mol. The number of hydrogen-bond acceptors (Lipinski definition) is 6.